The first kappa shape index (κ1) is 15.3. The van der Waals surface area contributed by atoms with Crippen molar-refractivity contribution in [2.75, 3.05) is 18.9 Å². The Morgan fingerprint density at radius 2 is 2.31 bits per heavy atom. The van der Waals surface area contributed by atoms with Crippen molar-refractivity contribution < 1.29 is 9.53 Å². The molecule has 0 radical (unpaired) electrons. The molecule has 0 amide bonds. The van der Waals surface area contributed by atoms with E-state index < -0.39 is 0 Å². The lowest BCUT2D eigenvalue weighted by Gasteiger charge is -1.94. The van der Waals surface area contributed by atoms with Crippen LogP contribution in [0.3, 0.4) is 0 Å². The second-order valence-corrected chi connectivity index (χ2v) is 3.08. The zero-order valence-electron chi connectivity index (χ0n) is 7.69. The molecule has 5 heteroatoms. The minimum absolute atomic E-state index is 0. The van der Waals surface area contributed by atoms with Crippen LogP contribution < -0.4 is 5.73 Å². The predicted octanol–water partition coefficient (Wildman–Crippen LogP) is 1.57. The molecule has 0 spiro atoms. The van der Waals surface area contributed by atoms with Crippen LogP contribution in [0.1, 0.15) is 13.3 Å². The summed E-state index contributed by atoms with van der Waals surface area (Å²) < 4.78 is 4.68. The monoisotopic (exact) mass is 225 g/mol. The van der Waals surface area contributed by atoms with Crippen molar-refractivity contribution in [1.29, 1.82) is 0 Å². The molecule has 0 atom stereocenters. The highest BCUT2D eigenvalue weighted by molar-refractivity contribution is 8.02. The van der Waals surface area contributed by atoms with E-state index in [1.165, 1.54) is 6.08 Å². The van der Waals surface area contributed by atoms with Crippen molar-refractivity contribution in [3.8, 4) is 0 Å². The van der Waals surface area contributed by atoms with Crippen molar-refractivity contribution in [2.45, 2.75) is 13.3 Å². The van der Waals surface area contributed by atoms with Gasteiger partial charge in [-0.15, -0.1) is 24.2 Å². The number of nitrogens with two attached hydrogens (primary N) is 1. The van der Waals surface area contributed by atoms with Gasteiger partial charge < -0.3 is 10.5 Å². The highest BCUT2D eigenvalue weighted by atomic mass is 35.5. The zero-order valence-corrected chi connectivity index (χ0v) is 9.33. The molecule has 3 nitrogen and oxygen atoms in total. The quantitative estimate of drug-likeness (QED) is 0.424. The Morgan fingerprint density at radius 3 is 2.85 bits per heavy atom. The predicted molar refractivity (Wildman–Crippen MR) is 59.2 cm³/mol. The topological polar surface area (TPSA) is 52.3 Å². The molecular formula is C8H16ClNO2S. The molecule has 0 aliphatic heterocycles. The van der Waals surface area contributed by atoms with Gasteiger partial charge in [0, 0.05) is 6.08 Å². The first-order valence-electron chi connectivity index (χ1n) is 3.96. The van der Waals surface area contributed by atoms with Crippen LogP contribution in [0.15, 0.2) is 11.5 Å². The van der Waals surface area contributed by atoms with E-state index in [9.17, 15) is 4.79 Å². The molecule has 0 fully saturated rings. The summed E-state index contributed by atoms with van der Waals surface area (Å²) in [6.45, 7) is 2.91. The smallest absolute Gasteiger partial charge is 0.331 e. The van der Waals surface area contributed by atoms with Crippen LogP contribution in [-0.2, 0) is 9.53 Å². The zero-order chi connectivity index (χ0) is 9.23. The fourth-order valence-corrected chi connectivity index (χ4v) is 1.21. The van der Waals surface area contributed by atoms with Gasteiger partial charge in [0.25, 0.3) is 0 Å². The number of hydrogen-bond acceptors (Lipinski definition) is 4. The van der Waals surface area contributed by atoms with Crippen LogP contribution in [0.4, 0.5) is 0 Å². The number of esters is 1. The molecule has 2 N–H and O–H groups in total. The van der Waals surface area contributed by atoms with Crippen molar-refractivity contribution >= 4 is 30.1 Å². The van der Waals surface area contributed by atoms with Crippen LogP contribution in [0.2, 0.25) is 0 Å². The molecule has 13 heavy (non-hydrogen) atoms. The second kappa shape index (κ2) is 11.8. The third-order valence-electron chi connectivity index (χ3n) is 1.05. The second-order valence-electron chi connectivity index (χ2n) is 2.07. The molecule has 0 aliphatic rings. The summed E-state index contributed by atoms with van der Waals surface area (Å²) in [5, 5.41) is 1.74. The molecule has 0 aromatic rings. The Kier molecular flexibility index (Phi) is 13.9. The Labute approximate surface area is 89.5 Å². The normalized spacial score (nSPS) is 9.69. The third kappa shape index (κ3) is 11.8. The Morgan fingerprint density at radius 1 is 1.62 bits per heavy atom. The highest BCUT2D eigenvalue weighted by Crippen LogP contribution is 2.03. The van der Waals surface area contributed by atoms with E-state index in [2.05, 4.69) is 4.74 Å². The van der Waals surface area contributed by atoms with Gasteiger partial charge in [0.05, 0.1) is 6.61 Å². The lowest BCUT2D eigenvalue weighted by Crippen LogP contribution is -1.99. The van der Waals surface area contributed by atoms with Crippen molar-refractivity contribution in [3.63, 3.8) is 0 Å². The lowest BCUT2D eigenvalue weighted by molar-refractivity contribution is -0.137. The summed E-state index contributed by atoms with van der Waals surface area (Å²) in [5.74, 6) is 0.671. The standard InChI is InChI=1S/C8H15NO2S.ClH/c1-2-11-8(10)4-7-12-6-3-5-9;/h4,7H,2-3,5-6,9H2,1H3;1H/b7-4+;. The number of halogens is 1. The van der Waals surface area contributed by atoms with Crippen LogP contribution in [-0.4, -0.2) is 24.9 Å². The molecule has 0 bridgehead atoms. The van der Waals surface area contributed by atoms with Gasteiger partial charge in [0.15, 0.2) is 0 Å². The van der Waals surface area contributed by atoms with Gasteiger partial charge in [-0.2, -0.15) is 0 Å². The van der Waals surface area contributed by atoms with E-state index in [0.717, 1.165) is 12.2 Å². The van der Waals surface area contributed by atoms with Gasteiger partial charge >= 0.3 is 5.97 Å². The Hall–Kier alpha value is -0.190. The van der Waals surface area contributed by atoms with Gasteiger partial charge in [-0.3, -0.25) is 0 Å². The summed E-state index contributed by atoms with van der Waals surface area (Å²) in [7, 11) is 0. The van der Waals surface area contributed by atoms with Gasteiger partial charge in [0.1, 0.15) is 0 Å². The van der Waals surface area contributed by atoms with Crippen molar-refractivity contribution in [1.82, 2.24) is 0 Å². The first-order chi connectivity index (χ1) is 5.81. The number of carbonyl (C=O) groups is 1. The molecular weight excluding hydrogens is 210 g/mol. The molecule has 0 aromatic heterocycles. The fourth-order valence-electron chi connectivity index (χ4n) is 0.529. The molecule has 0 unspecified atom stereocenters. The maximum absolute atomic E-state index is 10.7. The molecule has 0 heterocycles. The molecule has 0 saturated heterocycles. The van der Waals surface area contributed by atoms with Gasteiger partial charge in [-0.05, 0) is 31.1 Å². The van der Waals surface area contributed by atoms with Gasteiger partial charge in [-0.25, -0.2) is 4.79 Å². The minimum Gasteiger partial charge on any atom is -0.463 e. The third-order valence-corrected chi connectivity index (χ3v) is 1.91. The highest BCUT2D eigenvalue weighted by Gasteiger charge is 1.91. The molecule has 0 rings (SSSR count). The lowest BCUT2D eigenvalue weighted by atomic mass is 10.5. The van der Waals surface area contributed by atoms with Crippen LogP contribution in [0, 0.1) is 0 Å². The number of thioether (sulfide) groups is 1. The van der Waals surface area contributed by atoms with Crippen LogP contribution in [0.5, 0.6) is 0 Å². The number of rotatable bonds is 6. The summed E-state index contributed by atoms with van der Waals surface area (Å²) in [6, 6.07) is 0. The molecule has 0 saturated carbocycles. The fraction of sp³-hybridized carbons (Fsp3) is 0.625. The van der Waals surface area contributed by atoms with Crippen LogP contribution >= 0.6 is 24.2 Å². The van der Waals surface area contributed by atoms with E-state index in [-0.39, 0.29) is 18.4 Å². The molecule has 0 aliphatic carbocycles. The van der Waals surface area contributed by atoms with Crippen molar-refractivity contribution in [2.24, 2.45) is 5.73 Å². The largest absolute Gasteiger partial charge is 0.463 e. The summed E-state index contributed by atoms with van der Waals surface area (Å²) in [4.78, 5) is 10.7. The number of hydrogen-bond donors (Lipinski definition) is 1. The average molecular weight is 226 g/mol. The summed E-state index contributed by atoms with van der Waals surface area (Å²) in [6.07, 6.45) is 2.41. The van der Waals surface area contributed by atoms with Gasteiger partial charge in [0.2, 0.25) is 0 Å². The first-order valence-corrected chi connectivity index (χ1v) is 5.01. The minimum atomic E-state index is -0.280. The van der Waals surface area contributed by atoms with Crippen LogP contribution in [0.25, 0.3) is 0 Å². The molecule has 78 valence electrons. The van der Waals surface area contributed by atoms with Gasteiger partial charge in [-0.1, -0.05) is 0 Å². The van der Waals surface area contributed by atoms with E-state index in [1.807, 2.05) is 0 Å². The number of carbonyl (C=O) groups excluding carboxylic acids is 1. The maximum Gasteiger partial charge on any atom is 0.331 e. The maximum atomic E-state index is 10.7. The van der Waals surface area contributed by atoms with Crippen molar-refractivity contribution in [3.05, 3.63) is 11.5 Å². The van der Waals surface area contributed by atoms with E-state index in [0.29, 0.717) is 13.2 Å². The SMILES string of the molecule is CCOC(=O)/C=C/SCCCN.Cl. The molecule has 0 aromatic carbocycles. The van der Waals surface area contributed by atoms with E-state index >= 15 is 0 Å². The van der Waals surface area contributed by atoms with E-state index in [4.69, 9.17) is 5.73 Å². The Bertz CT molecular complexity index is 153. The number of ether oxygens (including phenoxy) is 1. The average Bonchev–Trinajstić information content (AvgIpc) is 2.05. The Balaban J connectivity index is 0. The van der Waals surface area contributed by atoms with E-state index in [1.54, 1.807) is 24.1 Å². The summed E-state index contributed by atoms with van der Waals surface area (Å²) in [5.41, 5.74) is 5.29. The summed E-state index contributed by atoms with van der Waals surface area (Å²) >= 11 is 1.57.